The van der Waals surface area contributed by atoms with Gasteiger partial charge < -0.3 is 27.5 Å². The van der Waals surface area contributed by atoms with E-state index in [1.54, 1.807) is 7.11 Å². The fraction of sp³-hybridized carbons (Fsp3) is 0.318. The van der Waals surface area contributed by atoms with Crippen molar-refractivity contribution < 1.29 is 32.3 Å². The highest BCUT2D eigenvalue weighted by Gasteiger charge is 2.59. The molecule has 0 spiro atoms. The summed E-state index contributed by atoms with van der Waals surface area (Å²) < 4.78 is 45.4. The maximum absolute atomic E-state index is 13.4. The van der Waals surface area contributed by atoms with Crippen LogP contribution in [0.1, 0.15) is 74.8 Å². The van der Waals surface area contributed by atoms with E-state index in [9.17, 15) is 4.79 Å². The molecule has 1 aliphatic heterocycles. The molecule has 11 heteroatoms. The molecule has 7 nitrogen and oxygen atoms in total. The first kappa shape index (κ1) is 57.3. The Balaban J connectivity index is 1.50. The normalized spacial score (nSPS) is 16.8. The molecule has 0 unspecified atom stereocenters. The number of rotatable bonds is 17. The van der Waals surface area contributed by atoms with Crippen LogP contribution in [-0.4, -0.2) is 71.0 Å². The van der Waals surface area contributed by atoms with E-state index in [1.165, 1.54) is 6.92 Å². The summed E-state index contributed by atoms with van der Waals surface area (Å²) in [6.07, 6.45) is -0.222. The van der Waals surface area contributed by atoms with Crippen molar-refractivity contribution in [3.63, 3.8) is 0 Å². The van der Waals surface area contributed by atoms with Gasteiger partial charge in [-0.05, 0) is 69.6 Å². The van der Waals surface area contributed by atoms with E-state index in [0.717, 1.165) is 36.3 Å². The first-order valence-electron chi connectivity index (χ1n) is 27.1. The average Bonchev–Trinajstić information content (AvgIpc) is 3.48. The predicted octanol–water partition coefficient (Wildman–Crippen LogP) is 11.4. The highest BCUT2D eigenvalue weighted by Crippen LogP contribution is 2.46. The molecule has 7 aromatic carbocycles. The molecule has 1 heterocycles. The number of hydrogen-bond acceptors (Lipinski definition) is 7. The number of ether oxygens (including phenoxy) is 3. The molecule has 8 rings (SSSR count). The van der Waals surface area contributed by atoms with E-state index in [4.69, 9.17) is 27.5 Å². The summed E-state index contributed by atoms with van der Waals surface area (Å²) >= 11 is 0. The largest absolute Gasteiger partial charge is 0.497 e. The monoisotopic (exact) mass is 1100 g/mol. The molecule has 0 aliphatic carbocycles. The minimum Gasteiger partial charge on any atom is -0.497 e. The molecule has 0 saturated heterocycles. The van der Waals surface area contributed by atoms with Gasteiger partial charge in [-0.1, -0.05) is 264 Å². The second-order valence-corrected chi connectivity index (χ2v) is 42.4. The van der Waals surface area contributed by atoms with E-state index in [2.05, 4.69) is 270 Å². The smallest absolute Gasteiger partial charge is 0.308 e. The lowest BCUT2D eigenvalue weighted by Crippen LogP contribution is -2.73. The predicted molar refractivity (Wildman–Crippen MR) is 329 cm³/mol. The Hall–Kier alpha value is -5.90. The Labute approximate surface area is 464 Å². The van der Waals surface area contributed by atoms with Crippen LogP contribution in [-0.2, 0) is 22.8 Å². The molecule has 0 amide bonds. The fourth-order valence-electron chi connectivity index (χ4n) is 11.7. The summed E-state index contributed by atoms with van der Waals surface area (Å²) in [5.41, 5.74) is 0.604. The molecular weight excluding hydrogens is 1020 g/mol. The van der Waals surface area contributed by atoms with Gasteiger partial charge in [-0.2, -0.15) is 0 Å². The molecule has 0 bridgehead atoms. The topological polar surface area (TPSA) is 72.5 Å². The fourth-order valence-corrected chi connectivity index (χ4v) is 27.1. The molecule has 7 aromatic rings. The molecular formula is C66H80O7Si4. The number of benzene rings is 7. The number of hydrogen-bond donors (Lipinski definition) is 0. The highest BCUT2D eigenvalue weighted by molar-refractivity contribution is 7.01. The van der Waals surface area contributed by atoms with Crippen LogP contribution in [0.5, 0.6) is 11.5 Å². The summed E-state index contributed by atoms with van der Waals surface area (Å²) in [5, 5.41) is 6.56. The molecule has 3 atom stereocenters. The molecule has 402 valence electrons. The lowest BCUT2D eigenvalue weighted by Gasteiger charge is -2.52. The van der Waals surface area contributed by atoms with Gasteiger partial charge >= 0.3 is 5.97 Å². The van der Waals surface area contributed by atoms with Gasteiger partial charge in [0.2, 0.25) is 0 Å². The van der Waals surface area contributed by atoms with E-state index in [0.29, 0.717) is 22.8 Å². The number of carbonyl (C=O) groups excluding carboxylic acids is 1. The van der Waals surface area contributed by atoms with Crippen molar-refractivity contribution in [1.82, 2.24) is 0 Å². The minimum atomic E-state index is -3.42. The standard InChI is InChI=1S/C66H80O7Si4/c1-49(67)70-62-57(45-50(68-11)46-61(62)74(12,13)14)58-47-59(72-76(65(5,6)7,53-37-25-17-26-38-53)54-39-27-18-28-40-54)63(73-77(66(8,9)10,55-41-29-19-30-42-55)56-43-31-20-32-44-56)60(71-58)48-69-75(64(2,3)4,51-33-21-15-22-34-51)52-35-23-16-24-36-52/h15-47,59-60,63H,48H2,1-14H3/t59-,60-,63+/m1/s1. The van der Waals surface area contributed by atoms with E-state index < -0.39 is 67.4 Å². The molecule has 0 N–H and O–H groups in total. The first-order valence-corrected chi connectivity index (χ1v) is 36.3. The summed E-state index contributed by atoms with van der Waals surface area (Å²) in [5.74, 6) is 1.17. The first-order chi connectivity index (χ1) is 36.5. The number of esters is 1. The maximum atomic E-state index is 13.4. The lowest BCUT2D eigenvalue weighted by atomic mass is 10.0. The van der Waals surface area contributed by atoms with E-state index in [1.807, 2.05) is 12.1 Å². The van der Waals surface area contributed by atoms with Crippen LogP contribution in [0.3, 0.4) is 0 Å². The van der Waals surface area contributed by atoms with E-state index in [-0.39, 0.29) is 11.6 Å². The third-order valence-electron chi connectivity index (χ3n) is 15.2. The van der Waals surface area contributed by atoms with Gasteiger partial charge in [0, 0.05) is 6.92 Å². The van der Waals surface area contributed by atoms with Gasteiger partial charge in [-0.25, -0.2) is 0 Å². The number of methoxy groups -OCH3 is 1. The van der Waals surface area contributed by atoms with Crippen molar-refractivity contribution in [1.29, 1.82) is 0 Å². The van der Waals surface area contributed by atoms with Gasteiger partial charge in [0.1, 0.15) is 29.5 Å². The summed E-state index contributed by atoms with van der Waals surface area (Å²) in [6.45, 7) is 29.1. The van der Waals surface area contributed by atoms with Crippen molar-refractivity contribution in [2.75, 3.05) is 13.7 Å². The van der Waals surface area contributed by atoms with Crippen molar-refractivity contribution in [2.45, 2.75) is 122 Å². The summed E-state index contributed by atoms with van der Waals surface area (Å²) in [4.78, 5) is 13.4. The van der Waals surface area contributed by atoms with Crippen molar-refractivity contribution in [3.05, 3.63) is 206 Å². The third kappa shape index (κ3) is 11.4. The molecule has 77 heavy (non-hydrogen) atoms. The van der Waals surface area contributed by atoms with Crippen LogP contribution in [0, 0.1) is 0 Å². The highest BCUT2D eigenvalue weighted by atomic mass is 28.4. The van der Waals surface area contributed by atoms with Crippen LogP contribution < -0.4 is 45.8 Å². The van der Waals surface area contributed by atoms with Crippen molar-refractivity contribution in [2.24, 2.45) is 0 Å². The zero-order valence-electron chi connectivity index (χ0n) is 47.8. The van der Waals surface area contributed by atoms with Crippen LogP contribution in [0.4, 0.5) is 0 Å². The van der Waals surface area contributed by atoms with Gasteiger partial charge in [-0.15, -0.1) is 0 Å². The second-order valence-electron chi connectivity index (χ2n) is 24.5. The minimum absolute atomic E-state index is 0.127. The van der Waals surface area contributed by atoms with Crippen molar-refractivity contribution >= 4 is 81.1 Å². The zero-order valence-corrected chi connectivity index (χ0v) is 51.8. The summed E-state index contributed by atoms with van der Waals surface area (Å²) in [6, 6.07) is 68.6. The van der Waals surface area contributed by atoms with Gasteiger partial charge in [0.25, 0.3) is 25.0 Å². The molecule has 0 saturated carbocycles. The van der Waals surface area contributed by atoms with Gasteiger partial charge in [0.15, 0.2) is 0 Å². The van der Waals surface area contributed by atoms with Crippen LogP contribution in [0.25, 0.3) is 5.76 Å². The van der Waals surface area contributed by atoms with E-state index >= 15 is 0 Å². The lowest BCUT2D eigenvalue weighted by molar-refractivity contribution is -0.131. The Morgan fingerprint density at radius 3 is 1.18 bits per heavy atom. The average molecular weight is 1100 g/mol. The van der Waals surface area contributed by atoms with Gasteiger partial charge in [-0.3, -0.25) is 4.79 Å². The third-order valence-corrected chi connectivity index (χ3v) is 32.3. The molecule has 0 fully saturated rings. The van der Waals surface area contributed by atoms with Crippen molar-refractivity contribution in [3.8, 4) is 11.5 Å². The summed E-state index contributed by atoms with van der Waals surface area (Å²) in [7, 11) is -10.6. The molecule has 1 aliphatic rings. The van der Waals surface area contributed by atoms with Crippen LogP contribution in [0.2, 0.25) is 34.8 Å². The van der Waals surface area contributed by atoms with Gasteiger partial charge in [0.05, 0.1) is 33.5 Å². The maximum Gasteiger partial charge on any atom is 0.308 e. The Morgan fingerprint density at radius 2 is 0.857 bits per heavy atom. The molecule has 0 aromatic heterocycles. The molecule has 0 radical (unpaired) electrons. The Morgan fingerprint density at radius 1 is 0.506 bits per heavy atom. The second kappa shape index (κ2) is 22.8. The quantitative estimate of drug-likeness (QED) is 0.0511. The number of carbonyl (C=O) groups is 1. The Bertz CT molecular complexity index is 2970. The van der Waals surface area contributed by atoms with Crippen LogP contribution in [0.15, 0.2) is 200 Å². The Kier molecular flexibility index (Phi) is 17.0. The van der Waals surface area contributed by atoms with Crippen LogP contribution >= 0.6 is 0 Å². The zero-order chi connectivity index (χ0) is 55.4. The SMILES string of the molecule is COc1cc(C2=C[C@@H](O[Si](c3ccccc3)(c3ccccc3)C(C)(C)C)[C@H](O[Si](c3ccccc3)(c3ccccc3)C(C)(C)C)[C@@H](CO[Si](c3ccccc3)(c3ccccc3)C(C)(C)C)O2)c(OC(C)=O)c([Si](C)(C)C)c1.